The van der Waals surface area contributed by atoms with E-state index in [1.165, 1.54) is 36.6 Å². The lowest BCUT2D eigenvalue weighted by Crippen LogP contribution is -2.21. The van der Waals surface area contributed by atoms with E-state index >= 15 is 0 Å². The predicted molar refractivity (Wildman–Crippen MR) is 91.1 cm³/mol. The molecule has 0 fully saturated rings. The van der Waals surface area contributed by atoms with Crippen LogP contribution in [0.25, 0.3) is 0 Å². The molecular weight excluding hydrogens is 367 g/mol. The maximum Gasteiger partial charge on any atom is 0.342 e. The number of nitriles is 1. The van der Waals surface area contributed by atoms with Crippen molar-refractivity contribution in [3.05, 3.63) is 61.4 Å². The van der Waals surface area contributed by atoms with E-state index in [4.69, 9.17) is 26.8 Å². The van der Waals surface area contributed by atoms with E-state index in [1.54, 1.807) is 6.92 Å². The summed E-state index contributed by atoms with van der Waals surface area (Å²) in [6.07, 6.45) is 0. The third kappa shape index (κ3) is 2.64. The van der Waals surface area contributed by atoms with Crippen molar-refractivity contribution in [2.45, 2.75) is 12.8 Å². The lowest BCUT2D eigenvalue weighted by molar-refractivity contribution is 0.0597. The number of aryl methyl sites for hydroxylation is 1. The first-order chi connectivity index (χ1) is 11.9. The second-order valence-corrected chi connectivity index (χ2v) is 6.94. The molecule has 0 saturated heterocycles. The van der Waals surface area contributed by atoms with Gasteiger partial charge >= 0.3 is 5.97 Å². The fraction of sp³-hybridized carbons (Fsp3) is 0.176. The summed E-state index contributed by atoms with van der Waals surface area (Å²) in [6, 6.07) is 6.22. The van der Waals surface area contributed by atoms with Crippen LogP contribution in [0, 0.1) is 24.1 Å². The standard InChI is InChI=1S/C17H12ClFN2O3S/c1-7-11(17(22)23-2)14-15(25-7)12(8(6-20)16(21)24-14)13-9(18)4-3-5-10(13)19/h3-5,12H,21H2,1-2H3/t12-/m1/s1. The molecule has 2 aromatic rings. The van der Waals surface area contributed by atoms with Gasteiger partial charge in [0.15, 0.2) is 5.75 Å². The molecule has 0 amide bonds. The van der Waals surface area contributed by atoms with Crippen LogP contribution in [0.4, 0.5) is 4.39 Å². The van der Waals surface area contributed by atoms with E-state index < -0.39 is 17.7 Å². The second kappa shape index (κ2) is 6.39. The van der Waals surface area contributed by atoms with Gasteiger partial charge in [-0.3, -0.25) is 0 Å². The highest BCUT2D eigenvalue weighted by molar-refractivity contribution is 7.12. The van der Waals surface area contributed by atoms with Crippen molar-refractivity contribution in [3.8, 4) is 11.8 Å². The molecule has 1 aromatic carbocycles. The molecule has 0 bridgehead atoms. The molecule has 0 aliphatic carbocycles. The van der Waals surface area contributed by atoms with Gasteiger partial charge in [-0.2, -0.15) is 5.26 Å². The molecule has 0 unspecified atom stereocenters. The van der Waals surface area contributed by atoms with Crippen LogP contribution in [0.2, 0.25) is 5.02 Å². The zero-order valence-electron chi connectivity index (χ0n) is 13.2. The van der Waals surface area contributed by atoms with Crippen molar-refractivity contribution >= 4 is 28.9 Å². The molecule has 8 heteroatoms. The van der Waals surface area contributed by atoms with E-state index in [9.17, 15) is 14.4 Å². The van der Waals surface area contributed by atoms with Gasteiger partial charge in [-0.15, -0.1) is 11.3 Å². The van der Waals surface area contributed by atoms with E-state index in [2.05, 4.69) is 0 Å². The molecule has 5 nitrogen and oxygen atoms in total. The van der Waals surface area contributed by atoms with E-state index in [0.717, 1.165) is 0 Å². The van der Waals surface area contributed by atoms with Crippen LogP contribution in [-0.2, 0) is 4.74 Å². The number of allylic oxidation sites excluding steroid dienone is 1. The van der Waals surface area contributed by atoms with Gasteiger partial charge < -0.3 is 15.2 Å². The summed E-state index contributed by atoms with van der Waals surface area (Å²) in [4.78, 5) is 13.2. The number of rotatable bonds is 2. The Bertz CT molecular complexity index is 941. The summed E-state index contributed by atoms with van der Waals surface area (Å²) >= 11 is 7.41. The van der Waals surface area contributed by atoms with Crippen molar-refractivity contribution in [2.24, 2.45) is 5.73 Å². The van der Waals surface area contributed by atoms with Gasteiger partial charge in [-0.05, 0) is 19.1 Å². The topological polar surface area (TPSA) is 85.3 Å². The molecule has 0 spiro atoms. The summed E-state index contributed by atoms with van der Waals surface area (Å²) in [7, 11) is 1.25. The molecule has 0 saturated carbocycles. The largest absolute Gasteiger partial charge is 0.465 e. The van der Waals surface area contributed by atoms with Crippen molar-refractivity contribution in [3.63, 3.8) is 0 Å². The molecule has 1 atom stereocenters. The molecule has 2 heterocycles. The Morgan fingerprint density at radius 1 is 1.52 bits per heavy atom. The Kier molecular flexibility index (Phi) is 4.41. The minimum atomic E-state index is -0.857. The first-order valence-electron chi connectivity index (χ1n) is 7.13. The summed E-state index contributed by atoms with van der Waals surface area (Å²) in [5.41, 5.74) is 6.24. The minimum absolute atomic E-state index is 0.0390. The number of fused-ring (bicyclic) bond motifs is 1. The molecular formula is C17H12ClFN2O3S. The molecule has 0 radical (unpaired) electrons. The molecule has 128 valence electrons. The van der Waals surface area contributed by atoms with E-state index in [1.807, 2.05) is 6.07 Å². The SMILES string of the molecule is COC(=O)c1c(C)sc2c1OC(N)=C(C#N)[C@@H]2c1c(F)cccc1Cl. The first kappa shape index (κ1) is 17.3. The van der Waals surface area contributed by atoms with Crippen molar-refractivity contribution in [2.75, 3.05) is 7.11 Å². The minimum Gasteiger partial charge on any atom is -0.465 e. The smallest absolute Gasteiger partial charge is 0.342 e. The number of carbonyl (C=O) groups excluding carboxylic acids is 1. The third-order valence-corrected chi connectivity index (χ3v) is 5.37. The maximum absolute atomic E-state index is 14.5. The quantitative estimate of drug-likeness (QED) is 0.802. The number of nitrogens with two attached hydrogens (primary N) is 1. The zero-order valence-corrected chi connectivity index (χ0v) is 14.8. The normalized spacial score (nSPS) is 16.0. The summed E-state index contributed by atoms with van der Waals surface area (Å²) in [6.45, 7) is 1.71. The van der Waals surface area contributed by atoms with Crippen molar-refractivity contribution in [1.82, 2.24) is 0 Å². The highest BCUT2D eigenvalue weighted by Crippen LogP contribution is 2.50. The van der Waals surface area contributed by atoms with Crippen LogP contribution in [0.1, 0.15) is 31.6 Å². The van der Waals surface area contributed by atoms with Gasteiger partial charge in [0.05, 0.1) is 17.9 Å². The average molecular weight is 379 g/mol. The number of hydrogen-bond donors (Lipinski definition) is 1. The number of hydrogen-bond acceptors (Lipinski definition) is 6. The Labute approximate surface area is 152 Å². The lowest BCUT2D eigenvalue weighted by atomic mass is 9.87. The van der Waals surface area contributed by atoms with Gasteiger partial charge in [0, 0.05) is 15.5 Å². The van der Waals surface area contributed by atoms with Gasteiger partial charge in [-0.1, -0.05) is 17.7 Å². The van der Waals surface area contributed by atoms with Crippen molar-refractivity contribution in [1.29, 1.82) is 5.26 Å². The Hall–Kier alpha value is -2.56. The summed E-state index contributed by atoms with van der Waals surface area (Å²) < 4.78 is 24.8. The van der Waals surface area contributed by atoms with E-state index in [-0.39, 0.29) is 33.4 Å². The number of ether oxygens (including phenoxy) is 2. The van der Waals surface area contributed by atoms with Crippen LogP contribution in [-0.4, -0.2) is 13.1 Å². The monoisotopic (exact) mass is 378 g/mol. The van der Waals surface area contributed by atoms with Crippen molar-refractivity contribution < 1.29 is 18.7 Å². The molecule has 3 rings (SSSR count). The van der Waals surface area contributed by atoms with Gasteiger partial charge in [0.25, 0.3) is 0 Å². The fourth-order valence-corrected chi connectivity index (χ4v) is 4.27. The molecule has 25 heavy (non-hydrogen) atoms. The van der Waals surface area contributed by atoms with E-state index in [0.29, 0.717) is 9.75 Å². The highest BCUT2D eigenvalue weighted by Gasteiger charge is 2.39. The second-order valence-electron chi connectivity index (χ2n) is 5.28. The summed E-state index contributed by atoms with van der Waals surface area (Å²) in [5, 5.41) is 9.67. The molecule has 2 N–H and O–H groups in total. The van der Waals surface area contributed by atoms with Crippen LogP contribution in [0.15, 0.2) is 29.7 Å². The van der Waals surface area contributed by atoms with Gasteiger partial charge in [0.1, 0.15) is 23.0 Å². The van der Waals surface area contributed by atoms with Gasteiger partial charge in [0.2, 0.25) is 5.88 Å². The maximum atomic E-state index is 14.5. The molecule has 1 aliphatic heterocycles. The highest BCUT2D eigenvalue weighted by atomic mass is 35.5. The number of esters is 1. The lowest BCUT2D eigenvalue weighted by Gasteiger charge is -2.25. The number of halogens is 2. The predicted octanol–water partition coefficient (Wildman–Crippen LogP) is 3.85. The number of thiophene rings is 1. The number of carbonyl (C=O) groups is 1. The Morgan fingerprint density at radius 3 is 2.84 bits per heavy atom. The van der Waals surface area contributed by atoms with Crippen LogP contribution < -0.4 is 10.5 Å². The number of nitrogens with zero attached hydrogens (tertiary/aromatic N) is 1. The number of benzene rings is 1. The van der Waals surface area contributed by atoms with Crippen LogP contribution >= 0.6 is 22.9 Å². The molecule has 1 aromatic heterocycles. The summed E-state index contributed by atoms with van der Waals surface area (Å²) in [5.74, 6) is -2.04. The van der Waals surface area contributed by atoms with Gasteiger partial charge in [-0.25, -0.2) is 9.18 Å². The third-order valence-electron chi connectivity index (χ3n) is 3.89. The fourth-order valence-electron chi connectivity index (χ4n) is 2.80. The average Bonchev–Trinajstić information content (AvgIpc) is 2.89. The van der Waals surface area contributed by atoms with Crippen LogP contribution in [0.5, 0.6) is 5.75 Å². The first-order valence-corrected chi connectivity index (χ1v) is 8.33. The zero-order chi connectivity index (χ0) is 18.3. The molecule has 1 aliphatic rings. The Morgan fingerprint density at radius 2 is 2.24 bits per heavy atom. The number of methoxy groups -OCH3 is 1. The van der Waals surface area contributed by atoms with Crippen LogP contribution in [0.3, 0.4) is 0 Å². The Balaban J connectivity index is 2.33.